The van der Waals surface area contributed by atoms with Crippen molar-refractivity contribution in [3.8, 4) is 34.2 Å². The number of amides is 1. The first-order valence-corrected chi connectivity index (χ1v) is 11.4. The van der Waals surface area contributed by atoms with Crippen LogP contribution in [0.5, 0.6) is 11.5 Å². The number of oxazole rings is 1. The van der Waals surface area contributed by atoms with Gasteiger partial charge in [0, 0.05) is 19.0 Å². The van der Waals surface area contributed by atoms with E-state index in [1.165, 1.54) is 0 Å². The van der Waals surface area contributed by atoms with E-state index in [1.54, 1.807) is 27.3 Å². The number of benzene rings is 2. The molecule has 0 bridgehead atoms. The van der Waals surface area contributed by atoms with E-state index in [4.69, 9.17) is 13.9 Å². The highest BCUT2D eigenvalue weighted by atomic mass is 16.5. The monoisotopic (exact) mass is 473 g/mol. The first-order valence-electron chi connectivity index (χ1n) is 11.4. The topological polar surface area (TPSA) is 104 Å². The number of para-hydroxylation sites is 2. The number of ether oxygens (including phenoxy) is 2. The molecule has 1 aliphatic heterocycles. The van der Waals surface area contributed by atoms with Gasteiger partial charge in [0.25, 0.3) is 0 Å². The average Bonchev–Trinajstić information content (AvgIpc) is 3.51. The summed E-state index contributed by atoms with van der Waals surface area (Å²) in [6.45, 7) is 4.44. The summed E-state index contributed by atoms with van der Waals surface area (Å²) in [5.41, 5.74) is 1.43. The van der Waals surface area contributed by atoms with Crippen molar-refractivity contribution in [3.05, 3.63) is 60.4 Å². The van der Waals surface area contributed by atoms with Crippen LogP contribution in [0.2, 0.25) is 0 Å². The zero-order valence-electron chi connectivity index (χ0n) is 20.2. The standard InChI is InChI=1S/C26H27N5O4/c1-16-27-15-22(35-16)18-11-10-17(14-21(18)34-4)23-29-30-24-26(2,12-7-13-31(23)24)25(32)28-19-8-5-6-9-20(19)33-3/h5-6,8-11,14-15H,7,12-13H2,1-4H3,(H,28,32). The average molecular weight is 474 g/mol. The lowest BCUT2D eigenvalue weighted by Crippen LogP contribution is -2.42. The highest BCUT2D eigenvalue weighted by Crippen LogP contribution is 2.39. The smallest absolute Gasteiger partial charge is 0.238 e. The van der Waals surface area contributed by atoms with Crippen molar-refractivity contribution in [2.75, 3.05) is 19.5 Å². The van der Waals surface area contributed by atoms with Crippen molar-refractivity contribution in [2.45, 2.75) is 38.6 Å². The molecule has 0 fully saturated rings. The molecule has 2 aromatic heterocycles. The van der Waals surface area contributed by atoms with E-state index < -0.39 is 5.41 Å². The maximum Gasteiger partial charge on any atom is 0.238 e. The lowest BCUT2D eigenvalue weighted by molar-refractivity contribution is -0.122. The Labute approximate surface area is 203 Å². The van der Waals surface area contributed by atoms with Gasteiger partial charge in [-0.05, 0) is 44.0 Å². The van der Waals surface area contributed by atoms with Crippen LogP contribution in [-0.2, 0) is 16.8 Å². The van der Waals surface area contributed by atoms with Gasteiger partial charge < -0.3 is 23.8 Å². The molecule has 1 amide bonds. The lowest BCUT2D eigenvalue weighted by Gasteiger charge is -2.32. The number of hydrogen-bond donors (Lipinski definition) is 1. The molecule has 1 N–H and O–H groups in total. The molecule has 35 heavy (non-hydrogen) atoms. The van der Waals surface area contributed by atoms with E-state index in [9.17, 15) is 4.79 Å². The molecule has 5 rings (SSSR count). The van der Waals surface area contributed by atoms with Crippen LogP contribution in [0.25, 0.3) is 22.7 Å². The van der Waals surface area contributed by atoms with Crippen LogP contribution in [0.15, 0.2) is 53.1 Å². The molecular formula is C26H27N5O4. The predicted octanol–water partition coefficient (Wildman–Crippen LogP) is 4.62. The number of methoxy groups -OCH3 is 2. The van der Waals surface area contributed by atoms with Crippen LogP contribution in [0.3, 0.4) is 0 Å². The Balaban J connectivity index is 1.49. The van der Waals surface area contributed by atoms with Gasteiger partial charge in [0.2, 0.25) is 5.91 Å². The molecule has 9 nitrogen and oxygen atoms in total. The molecular weight excluding hydrogens is 446 g/mol. The third kappa shape index (κ3) is 3.92. The van der Waals surface area contributed by atoms with Crippen molar-refractivity contribution in [2.24, 2.45) is 0 Å². The fourth-order valence-electron chi connectivity index (χ4n) is 4.58. The summed E-state index contributed by atoms with van der Waals surface area (Å²) >= 11 is 0. The minimum Gasteiger partial charge on any atom is -0.496 e. The summed E-state index contributed by atoms with van der Waals surface area (Å²) in [7, 11) is 3.20. The second kappa shape index (κ2) is 8.90. The van der Waals surface area contributed by atoms with E-state index in [0.29, 0.717) is 46.9 Å². The molecule has 0 saturated heterocycles. The Morgan fingerprint density at radius 3 is 2.66 bits per heavy atom. The van der Waals surface area contributed by atoms with Gasteiger partial charge in [0.15, 0.2) is 17.5 Å². The summed E-state index contributed by atoms with van der Waals surface area (Å²) in [5, 5.41) is 12.0. The maximum absolute atomic E-state index is 13.5. The molecule has 1 atom stereocenters. The second-order valence-electron chi connectivity index (χ2n) is 8.75. The summed E-state index contributed by atoms with van der Waals surface area (Å²) in [6, 6.07) is 13.1. The van der Waals surface area contributed by atoms with Gasteiger partial charge >= 0.3 is 0 Å². The highest BCUT2D eigenvalue weighted by molar-refractivity contribution is 5.99. The summed E-state index contributed by atoms with van der Waals surface area (Å²) in [4.78, 5) is 17.7. The number of carbonyl (C=O) groups is 1. The maximum atomic E-state index is 13.5. The number of fused-ring (bicyclic) bond motifs is 1. The lowest BCUT2D eigenvalue weighted by atomic mass is 9.81. The Bertz CT molecular complexity index is 1390. The molecule has 4 aromatic rings. The van der Waals surface area contributed by atoms with E-state index >= 15 is 0 Å². The number of nitrogens with zero attached hydrogens (tertiary/aromatic N) is 4. The fraction of sp³-hybridized carbons (Fsp3) is 0.308. The van der Waals surface area contributed by atoms with Crippen LogP contribution < -0.4 is 14.8 Å². The minimum absolute atomic E-state index is 0.143. The molecule has 1 unspecified atom stereocenters. The van der Waals surface area contributed by atoms with Crippen LogP contribution in [0, 0.1) is 6.92 Å². The third-order valence-corrected chi connectivity index (χ3v) is 6.51. The highest BCUT2D eigenvalue weighted by Gasteiger charge is 2.43. The molecule has 3 heterocycles. The van der Waals surface area contributed by atoms with Crippen LogP contribution in [0.1, 0.15) is 31.5 Å². The zero-order valence-corrected chi connectivity index (χ0v) is 20.2. The predicted molar refractivity (Wildman–Crippen MR) is 130 cm³/mol. The Kier molecular flexibility index (Phi) is 5.76. The fourth-order valence-corrected chi connectivity index (χ4v) is 4.58. The SMILES string of the molecule is COc1ccccc1NC(=O)C1(C)CCCn2c(-c3ccc(-c4cnc(C)o4)c(OC)c3)nnc21. The molecule has 0 spiro atoms. The van der Waals surface area contributed by atoms with Crippen molar-refractivity contribution in [1.29, 1.82) is 0 Å². The van der Waals surface area contributed by atoms with Gasteiger partial charge in [-0.1, -0.05) is 18.2 Å². The first-order chi connectivity index (χ1) is 16.9. The largest absolute Gasteiger partial charge is 0.496 e. The number of anilines is 1. The zero-order chi connectivity index (χ0) is 24.6. The summed E-state index contributed by atoms with van der Waals surface area (Å²) in [5.74, 6) is 3.66. The van der Waals surface area contributed by atoms with Crippen LogP contribution in [-0.4, -0.2) is 39.9 Å². The van der Waals surface area contributed by atoms with Crippen molar-refractivity contribution in [1.82, 2.24) is 19.7 Å². The Morgan fingerprint density at radius 2 is 1.91 bits per heavy atom. The number of carbonyl (C=O) groups excluding carboxylic acids is 1. The Morgan fingerprint density at radius 1 is 1.11 bits per heavy atom. The van der Waals surface area contributed by atoms with Crippen molar-refractivity contribution in [3.63, 3.8) is 0 Å². The number of nitrogens with one attached hydrogen (secondary N) is 1. The van der Waals surface area contributed by atoms with E-state index in [-0.39, 0.29) is 5.91 Å². The molecule has 2 aromatic carbocycles. The van der Waals surface area contributed by atoms with E-state index in [2.05, 4.69) is 20.5 Å². The van der Waals surface area contributed by atoms with Gasteiger partial charge in [-0.15, -0.1) is 10.2 Å². The normalized spacial score (nSPS) is 17.0. The van der Waals surface area contributed by atoms with Crippen molar-refractivity contribution >= 4 is 11.6 Å². The molecule has 9 heteroatoms. The van der Waals surface area contributed by atoms with Crippen LogP contribution in [0.4, 0.5) is 5.69 Å². The number of aryl methyl sites for hydroxylation is 1. The third-order valence-electron chi connectivity index (χ3n) is 6.51. The molecule has 0 radical (unpaired) electrons. The van der Waals surface area contributed by atoms with Crippen LogP contribution >= 0.6 is 0 Å². The van der Waals surface area contributed by atoms with Gasteiger partial charge in [0.1, 0.15) is 22.7 Å². The van der Waals surface area contributed by atoms with Gasteiger partial charge in [-0.25, -0.2) is 4.98 Å². The van der Waals surface area contributed by atoms with Gasteiger partial charge in [-0.2, -0.15) is 0 Å². The first kappa shape index (κ1) is 22.6. The molecule has 0 saturated carbocycles. The molecule has 180 valence electrons. The number of hydrogen-bond acceptors (Lipinski definition) is 7. The van der Waals surface area contributed by atoms with E-state index in [0.717, 1.165) is 24.1 Å². The summed E-state index contributed by atoms with van der Waals surface area (Å²) < 4.78 is 18.7. The second-order valence-corrected chi connectivity index (χ2v) is 8.75. The molecule has 1 aliphatic rings. The number of aromatic nitrogens is 4. The van der Waals surface area contributed by atoms with Crippen molar-refractivity contribution < 1.29 is 18.7 Å². The summed E-state index contributed by atoms with van der Waals surface area (Å²) in [6.07, 6.45) is 3.16. The minimum atomic E-state index is -0.842. The Hall–Kier alpha value is -4.14. The van der Waals surface area contributed by atoms with Gasteiger partial charge in [-0.3, -0.25) is 4.79 Å². The van der Waals surface area contributed by atoms with E-state index in [1.807, 2.05) is 54.0 Å². The number of rotatable bonds is 6. The quantitative estimate of drug-likeness (QED) is 0.436. The van der Waals surface area contributed by atoms with Gasteiger partial charge in [0.05, 0.1) is 31.7 Å². The molecule has 0 aliphatic carbocycles.